The molecule has 0 aliphatic carbocycles. The number of carbonyl (C=O) groups excluding carboxylic acids is 4. The fraction of sp³-hybridized carbons (Fsp3) is 0.500. The second-order valence-electron chi connectivity index (χ2n) is 3.41. The van der Waals surface area contributed by atoms with Crippen LogP contribution in [0, 0.1) is 0 Å². The molecule has 16 heteroatoms. The van der Waals surface area contributed by atoms with E-state index in [-0.39, 0.29) is 34.7 Å². The topological polar surface area (TPSA) is 266 Å². The number of carboxylic acids is 4. The Hall–Kier alpha value is -1.30. The molecule has 0 aliphatic rings. The molecule has 24 heavy (non-hydrogen) atoms. The maximum atomic E-state index is 9.81. The van der Waals surface area contributed by atoms with Crippen molar-refractivity contribution in [1.29, 1.82) is 0 Å². The average molecular weight is 380 g/mol. The van der Waals surface area contributed by atoms with Crippen LogP contribution in [0.5, 0.6) is 0 Å². The summed E-state index contributed by atoms with van der Waals surface area (Å²) in [6, 6.07) is 0. The van der Waals surface area contributed by atoms with Gasteiger partial charge >= 0.3 is 34.7 Å². The van der Waals surface area contributed by atoms with E-state index < -0.39 is 48.3 Å². The van der Waals surface area contributed by atoms with Gasteiger partial charge in [-0.25, -0.2) is 0 Å². The van der Waals surface area contributed by atoms with E-state index in [0.717, 1.165) is 0 Å². The van der Waals surface area contributed by atoms with Crippen molar-refractivity contribution in [2.75, 3.05) is 0 Å². The van der Waals surface area contributed by atoms with Gasteiger partial charge in [-0.3, -0.25) is 0 Å². The van der Waals surface area contributed by atoms with Crippen LogP contribution in [0.1, 0.15) is 12.8 Å². The van der Waals surface area contributed by atoms with E-state index in [0.29, 0.717) is 0 Å². The summed E-state index contributed by atoms with van der Waals surface area (Å²) >= 11 is 0. The number of carbonyl (C=O) groups is 4. The van der Waals surface area contributed by atoms with E-state index in [1.165, 1.54) is 0 Å². The van der Waals surface area contributed by atoms with Crippen molar-refractivity contribution in [3.63, 3.8) is 0 Å². The van der Waals surface area contributed by atoms with E-state index in [1.807, 2.05) is 0 Å². The third kappa shape index (κ3) is 11.3. The summed E-state index contributed by atoms with van der Waals surface area (Å²) in [5, 5.41) is 74.8. The smallest absolute Gasteiger partial charge is 0.721 e. The first-order valence-electron chi connectivity index (χ1n) is 4.74. The SMILES string of the molecule is O=C([O-])CC(O)(O[O-])C(=O)[O-].O=C([O-])CC(O)(O[O-])C(=O)[O-].[Al+3].[Al+3]. The van der Waals surface area contributed by atoms with Crippen LogP contribution < -0.4 is 30.9 Å². The Labute approximate surface area is 153 Å². The first kappa shape index (κ1) is 30.6. The quantitative estimate of drug-likeness (QED) is 0.171. The summed E-state index contributed by atoms with van der Waals surface area (Å²) in [6.07, 6.45) is -2.95. The molecule has 0 spiro atoms. The molecule has 128 valence electrons. The van der Waals surface area contributed by atoms with Crippen molar-refractivity contribution < 1.29 is 70.1 Å². The Bertz CT molecular complexity index is 400. The largest absolute Gasteiger partial charge is 3.00 e. The van der Waals surface area contributed by atoms with Gasteiger partial charge in [0.1, 0.15) is 11.9 Å². The first-order valence-corrected chi connectivity index (χ1v) is 4.74. The molecule has 2 atom stereocenters. The minimum absolute atomic E-state index is 0. The normalized spacial score (nSPS) is 14.2. The van der Waals surface area contributed by atoms with Gasteiger partial charge in [0.2, 0.25) is 11.6 Å². The molecule has 2 unspecified atom stereocenters. The molecule has 14 nitrogen and oxygen atoms in total. The molecule has 0 aliphatic heterocycles. The first-order chi connectivity index (χ1) is 9.84. The summed E-state index contributed by atoms with van der Waals surface area (Å²) in [4.78, 5) is 44.5. The Kier molecular flexibility index (Phi) is 16.6. The minimum Gasteiger partial charge on any atom is -0.721 e. The van der Waals surface area contributed by atoms with Gasteiger partial charge in [0, 0.05) is 24.8 Å². The summed E-state index contributed by atoms with van der Waals surface area (Å²) in [7, 11) is 0. The predicted molar refractivity (Wildman–Crippen MR) is 52.8 cm³/mol. The molecule has 0 aromatic carbocycles. The molecule has 0 fully saturated rings. The van der Waals surface area contributed by atoms with Crippen molar-refractivity contribution in [3.05, 3.63) is 0 Å². The van der Waals surface area contributed by atoms with E-state index in [4.69, 9.17) is 10.2 Å². The van der Waals surface area contributed by atoms with Crippen molar-refractivity contribution in [3.8, 4) is 0 Å². The maximum absolute atomic E-state index is 9.81. The van der Waals surface area contributed by atoms with Gasteiger partial charge in [0.05, 0.1) is 0 Å². The molecule has 0 amide bonds. The summed E-state index contributed by atoms with van der Waals surface area (Å²) in [6.45, 7) is 0. The molecule has 0 aromatic rings. The van der Waals surface area contributed by atoms with Gasteiger partial charge < -0.3 is 70.1 Å². The van der Waals surface area contributed by atoms with Gasteiger partial charge in [-0.05, 0) is 0 Å². The molecular formula is C8H6Al2O14. The van der Waals surface area contributed by atoms with Crippen LogP contribution in [0.4, 0.5) is 0 Å². The Morgan fingerprint density at radius 1 is 0.708 bits per heavy atom. The zero-order chi connectivity index (χ0) is 18.1. The monoisotopic (exact) mass is 380 g/mol. The molecule has 0 radical (unpaired) electrons. The van der Waals surface area contributed by atoms with Crippen molar-refractivity contribution in [1.82, 2.24) is 0 Å². The third-order valence-corrected chi connectivity index (χ3v) is 1.68. The van der Waals surface area contributed by atoms with Crippen molar-refractivity contribution in [2.45, 2.75) is 24.4 Å². The van der Waals surface area contributed by atoms with E-state index in [1.54, 1.807) is 0 Å². The Balaban J connectivity index is -0.000000154. The zero-order valence-electron chi connectivity index (χ0n) is 11.4. The van der Waals surface area contributed by atoms with Crippen LogP contribution in [0.25, 0.3) is 0 Å². The standard InChI is InChI=1S/2C4H6O7.2Al/c2*5-2(6)1-4(9,11-10)3(7)8;;/h2*9-10H,1H2,(H,5,6)(H,7,8);;/q;;2*+3/p-6. The van der Waals surface area contributed by atoms with Crippen LogP contribution in [-0.4, -0.2) is 80.4 Å². The fourth-order valence-corrected chi connectivity index (χ4v) is 0.663. The van der Waals surface area contributed by atoms with Crippen LogP contribution in [-0.2, 0) is 29.0 Å². The van der Waals surface area contributed by atoms with Crippen LogP contribution in [0.15, 0.2) is 0 Å². The summed E-state index contributed by atoms with van der Waals surface area (Å²) in [5.41, 5.74) is 0. The molecule has 0 saturated carbocycles. The average Bonchev–Trinajstić information content (AvgIpc) is 2.37. The van der Waals surface area contributed by atoms with Crippen LogP contribution in [0.3, 0.4) is 0 Å². The number of hydrogen-bond acceptors (Lipinski definition) is 14. The number of hydrogen-bond donors (Lipinski definition) is 2. The molecule has 0 saturated heterocycles. The van der Waals surface area contributed by atoms with Gasteiger partial charge in [-0.15, -0.1) is 0 Å². The summed E-state index contributed by atoms with van der Waals surface area (Å²) < 4.78 is 0. The van der Waals surface area contributed by atoms with E-state index in [2.05, 4.69) is 9.78 Å². The third-order valence-electron chi connectivity index (χ3n) is 1.68. The Morgan fingerprint density at radius 3 is 0.958 bits per heavy atom. The second-order valence-corrected chi connectivity index (χ2v) is 3.41. The van der Waals surface area contributed by atoms with E-state index >= 15 is 0 Å². The number of aliphatic hydroxyl groups is 2. The molecule has 0 bridgehead atoms. The maximum Gasteiger partial charge on any atom is 3.00 e. The number of carboxylic acid groups (broad SMARTS) is 4. The van der Waals surface area contributed by atoms with Gasteiger partial charge in [0.25, 0.3) is 0 Å². The van der Waals surface area contributed by atoms with Crippen LogP contribution >= 0.6 is 0 Å². The van der Waals surface area contributed by atoms with Gasteiger partial charge in [-0.2, -0.15) is 0 Å². The van der Waals surface area contributed by atoms with E-state index in [9.17, 15) is 50.1 Å². The number of aliphatic carboxylic acids is 4. The second kappa shape index (κ2) is 13.0. The van der Waals surface area contributed by atoms with Gasteiger partial charge in [-0.1, -0.05) is 0 Å². The van der Waals surface area contributed by atoms with Crippen LogP contribution in [0.2, 0.25) is 0 Å². The van der Waals surface area contributed by atoms with Crippen molar-refractivity contribution >= 4 is 58.6 Å². The molecule has 0 rings (SSSR count). The molecule has 0 heterocycles. The molecule has 0 aromatic heterocycles. The number of rotatable bonds is 8. The Morgan fingerprint density at radius 2 is 0.917 bits per heavy atom. The molecule has 2 N–H and O–H groups in total. The van der Waals surface area contributed by atoms with Crippen molar-refractivity contribution in [2.24, 2.45) is 0 Å². The predicted octanol–water partition coefficient (Wildman–Crippen LogP) is -11.0. The van der Waals surface area contributed by atoms with Gasteiger partial charge in [0.15, 0.2) is 0 Å². The summed E-state index contributed by atoms with van der Waals surface area (Å²) in [5.74, 6) is -15.2. The molecular weight excluding hydrogens is 374 g/mol. The minimum atomic E-state index is -3.35. The fourth-order valence-electron chi connectivity index (χ4n) is 0.663. The zero-order valence-corrected chi connectivity index (χ0v) is 13.7.